The number of rotatable bonds is 5. The Morgan fingerprint density at radius 1 is 1.03 bits per heavy atom. The molecule has 0 atom stereocenters. The standard InChI is InChI=1S/C24H31ClN2O3S/c1-16-14-17(2)19(4)23(18(16)3)31(29,30)27-12-10-21(11-13-27)24(28)26(5)15-20-6-8-22(25)9-7-20/h6-9,14,21H,10-13,15H2,1-5H3. The number of hydrogen-bond donors (Lipinski definition) is 0. The third kappa shape index (κ3) is 4.97. The van der Waals surface area contributed by atoms with Gasteiger partial charge in [0, 0.05) is 37.6 Å². The average Bonchev–Trinajstić information content (AvgIpc) is 2.73. The Hall–Kier alpha value is -1.89. The van der Waals surface area contributed by atoms with E-state index in [9.17, 15) is 13.2 Å². The summed E-state index contributed by atoms with van der Waals surface area (Å²) in [6.45, 7) is 8.87. The molecule has 7 heteroatoms. The minimum absolute atomic E-state index is 0.0609. The summed E-state index contributed by atoms with van der Waals surface area (Å²) in [6, 6.07) is 9.49. The van der Waals surface area contributed by atoms with E-state index in [-0.39, 0.29) is 11.8 Å². The van der Waals surface area contributed by atoms with Crippen molar-refractivity contribution < 1.29 is 13.2 Å². The Labute approximate surface area is 191 Å². The minimum atomic E-state index is -3.59. The molecular weight excluding hydrogens is 432 g/mol. The number of nitrogens with zero attached hydrogens (tertiary/aromatic N) is 2. The second kappa shape index (κ2) is 9.31. The van der Waals surface area contributed by atoms with Crippen molar-refractivity contribution in [3.05, 3.63) is 63.2 Å². The van der Waals surface area contributed by atoms with Crippen molar-refractivity contribution in [1.29, 1.82) is 0 Å². The molecule has 0 radical (unpaired) electrons. The fourth-order valence-corrected chi connectivity index (χ4v) is 6.46. The molecule has 168 valence electrons. The highest BCUT2D eigenvalue weighted by Crippen LogP contribution is 2.31. The van der Waals surface area contributed by atoms with Crippen molar-refractivity contribution in [2.75, 3.05) is 20.1 Å². The van der Waals surface area contributed by atoms with Crippen LogP contribution in [-0.2, 0) is 21.4 Å². The first-order chi connectivity index (χ1) is 14.5. The third-order valence-corrected chi connectivity index (χ3v) is 8.83. The summed E-state index contributed by atoms with van der Waals surface area (Å²) in [5.74, 6) is -0.101. The normalized spacial score (nSPS) is 15.8. The van der Waals surface area contributed by atoms with Crippen LogP contribution in [0.25, 0.3) is 0 Å². The SMILES string of the molecule is Cc1cc(C)c(C)c(S(=O)(=O)N2CCC(C(=O)N(C)Cc3ccc(Cl)cc3)CC2)c1C. The fraction of sp³-hybridized carbons (Fsp3) is 0.458. The summed E-state index contributed by atoms with van der Waals surface area (Å²) in [4.78, 5) is 15.1. The molecule has 0 bridgehead atoms. The Morgan fingerprint density at radius 3 is 2.06 bits per heavy atom. The molecular formula is C24H31ClN2O3S. The first-order valence-electron chi connectivity index (χ1n) is 10.6. The molecule has 2 aromatic rings. The van der Waals surface area contributed by atoms with Gasteiger partial charge in [-0.3, -0.25) is 4.79 Å². The first kappa shape index (κ1) is 23.8. The van der Waals surface area contributed by atoms with Crippen LogP contribution in [0, 0.1) is 33.6 Å². The zero-order valence-electron chi connectivity index (χ0n) is 18.9. The zero-order chi connectivity index (χ0) is 22.9. The zero-order valence-corrected chi connectivity index (χ0v) is 20.5. The summed E-state index contributed by atoms with van der Waals surface area (Å²) in [5, 5.41) is 0.667. The molecule has 1 aliphatic heterocycles. The van der Waals surface area contributed by atoms with Gasteiger partial charge in [0.15, 0.2) is 0 Å². The highest BCUT2D eigenvalue weighted by Gasteiger charge is 2.35. The van der Waals surface area contributed by atoms with Crippen molar-refractivity contribution in [2.24, 2.45) is 5.92 Å². The Balaban J connectivity index is 1.69. The van der Waals surface area contributed by atoms with Crippen molar-refractivity contribution in [3.63, 3.8) is 0 Å². The summed E-state index contributed by atoms with van der Waals surface area (Å²) in [5.41, 5.74) is 4.60. The summed E-state index contributed by atoms with van der Waals surface area (Å²) < 4.78 is 28.4. The second-order valence-corrected chi connectivity index (χ2v) is 10.9. The molecule has 31 heavy (non-hydrogen) atoms. The molecule has 5 nitrogen and oxygen atoms in total. The van der Waals surface area contributed by atoms with Gasteiger partial charge in [-0.25, -0.2) is 8.42 Å². The van der Waals surface area contributed by atoms with E-state index in [0.29, 0.717) is 42.4 Å². The van der Waals surface area contributed by atoms with Gasteiger partial charge in [0.1, 0.15) is 0 Å². The molecule has 0 saturated carbocycles. The highest BCUT2D eigenvalue weighted by atomic mass is 35.5. The molecule has 0 aromatic heterocycles. The van der Waals surface area contributed by atoms with Gasteiger partial charge in [0.2, 0.25) is 15.9 Å². The van der Waals surface area contributed by atoms with Crippen LogP contribution in [0.5, 0.6) is 0 Å². The van der Waals surface area contributed by atoms with Crippen LogP contribution < -0.4 is 0 Å². The second-order valence-electron chi connectivity index (χ2n) is 8.59. The first-order valence-corrected chi connectivity index (χ1v) is 12.4. The Bertz CT molecular complexity index is 1050. The molecule has 1 amide bonds. The van der Waals surface area contributed by atoms with Crippen LogP contribution in [0.2, 0.25) is 5.02 Å². The lowest BCUT2D eigenvalue weighted by atomic mass is 9.96. The van der Waals surface area contributed by atoms with Gasteiger partial charge in [0.25, 0.3) is 0 Å². The monoisotopic (exact) mass is 462 g/mol. The van der Waals surface area contributed by atoms with Gasteiger partial charge in [-0.15, -0.1) is 0 Å². The van der Waals surface area contributed by atoms with Crippen molar-refractivity contribution in [1.82, 2.24) is 9.21 Å². The van der Waals surface area contributed by atoms with E-state index < -0.39 is 10.0 Å². The van der Waals surface area contributed by atoms with Gasteiger partial charge in [-0.1, -0.05) is 29.8 Å². The number of benzene rings is 2. The van der Waals surface area contributed by atoms with E-state index in [0.717, 1.165) is 27.8 Å². The fourth-order valence-electron chi connectivity index (χ4n) is 4.29. The van der Waals surface area contributed by atoms with E-state index in [1.807, 2.05) is 58.0 Å². The molecule has 1 saturated heterocycles. The van der Waals surface area contributed by atoms with Crippen molar-refractivity contribution in [3.8, 4) is 0 Å². The molecule has 0 aliphatic carbocycles. The molecule has 1 aliphatic rings. The number of aryl methyl sites for hydroxylation is 2. The molecule has 0 unspecified atom stereocenters. The van der Waals surface area contributed by atoms with Crippen LogP contribution in [0.4, 0.5) is 0 Å². The van der Waals surface area contributed by atoms with Gasteiger partial charge >= 0.3 is 0 Å². The summed E-state index contributed by atoms with van der Waals surface area (Å²) in [7, 11) is -1.80. The smallest absolute Gasteiger partial charge is 0.243 e. The maximum absolute atomic E-state index is 13.4. The van der Waals surface area contributed by atoms with Crippen molar-refractivity contribution in [2.45, 2.75) is 52.0 Å². The number of sulfonamides is 1. The predicted octanol–water partition coefficient (Wildman–Crippen LogP) is 4.63. The number of amides is 1. The van der Waals surface area contributed by atoms with E-state index in [4.69, 9.17) is 11.6 Å². The van der Waals surface area contributed by atoms with Crippen LogP contribution in [0.1, 0.15) is 40.7 Å². The Kier molecular flexibility index (Phi) is 7.14. The number of halogens is 1. The van der Waals surface area contributed by atoms with Crippen LogP contribution in [0.15, 0.2) is 35.2 Å². The summed E-state index contributed by atoms with van der Waals surface area (Å²) in [6.07, 6.45) is 1.07. The lowest BCUT2D eigenvalue weighted by Gasteiger charge is -2.33. The van der Waals surface area contributed by atoms with Crippen molar-refractivity contribution >= 4 is 27.5 Å². The molecule has 1 heterocycles. The lowest BCUT2D eigenvalue weighted by Crippen LogP contribution is -2.43. The van der Waals surface area contributed by atoms with E-state index in [1.165, 1.54) is 0 Å². The minimum Gasteiger partial charge on any atom is -0.341 e. The maximum Gasteiger partial charge on any atom is 0.243 e. The number of carbonyl (C=O) groups is 1. The third-order valence-electron chi connectivity index (χ3n) is 6.41. The molecule has 3 rings (SSSR count). The number of carbonyl (C=O) groups excluding carboxylic acids is 1. The topological polar surface area (TPSA) is 57.7 Å². The highest BCUT2D eigenvalue weighted by molar-refractivity contribution is 7.89. The van der Waals surface area contributed by atoms with Crippen LogP contribution >= 0.6 is 11.6 Å². The molecule has 0 spiro atoms. The van der Waals surface area contributed by atoms with E-state index >= 15 is 0 Å². The van der Waals surface area contributed by atoms with E-state index in [1.54, 1.807) is 16.3 Å². The number of hydrogen-bond acceptors (Lipinski definition) is 3. The van der Waals surface area contributed by atoms with E-state index in [2.05, 4.69) is 0 Å². The molecule has 0 N–H and O–H groups in total. The molecule has 2 aromatic carbocycles. The quantitative estimate of drug-likeness (QED) is 0.650. The van der Waals surface area contributed by atoms with Gasteiger partial charge in [-0.2, -0.15) is 4.31 Å². The predicted molar refractivity (Wildman–Crippen MR) is 125 cm³/mol. The summed E-state index contributed by atoms with van der Waals surface area (Å²) >= 11 is 5.93. The van der Waals surface area contributed by atoms with Crippen LogP contribution in [0.3, 0.4) is 0 Å². The van der Waals surface area contributed by atoms with Gasteiger partial charge in [-0.05, 0) is 80.5 Å². The average molecular weight is 463 g/mol. The Morgan fingerprint density at radius 2 is 1.55 bits per heavy atom. The maximum atomic E-state index is 13.4. The van der Waals surface area contributed by atoms with Gasteiger partial charge < -0.3 is 4.90 Å². The van der Waals surface area contributed by atoms with Gasteiger partial charge in [0.05, 0.1) is 4.90 Å². The number of piperidine rings is 1. The largest absolute Gasteiger partial charge is 0.341 e. The molecule has 1 fully saturated rings. The van der Waals surface area contributed by atoms with Crippen LogP contribution in [-0.4, -0.2) is 43.7 Å². The lowest BCUT2D eigenvalue weighted by molar-refractivity contribution is -0.135.